The van der Waals surface area contributed by atoms with Gasteiger partial charge in [-0.05, 0) is 49.5 Å². The van der Waals surface area contributed by atoms with Gasteiger partial charge in [0.05, 0.1) is 5.69 Å². The summed E-state index contributed by atoms with van der Waals surface area (Å²) >= 11 is 0. The van der Waals surface area contributed by atoms with Crippen molar-refractivity contribution in [3.8, 4) is 5.75 Å². The zero-order valence-corrected chi connectivity index (χ0v) is 12.8. The fourth-order valence-electron chi connectivity index (χ4n) is 3.26. The molecule has 1 fully saturated rings. The maximum Gasteiger partial charge on any atom is 0.262 e. The number of hydrazone groups is 1. The lowest BCUT2D eigenvalue weighted by atomic mass is 9.83. The second-order valence-electron chi connectivity index (χ2n) is 6.27. The predicted octanol–water partition coefficient (Wildman–Crippen LogP) is 1.04. The van der Waals surface area contributed by atoms with Crippen LogP contribution in [0.15, 0.2) is 23.3 Å². The Morgan fingerprint density at radius 3 is 2.95 bits per heavy atom. The van der Waals surface area contributed by atoms with E-state index in [-0.39, 0.29) is 11.9 Å². The molecule has 6 heteroatoms. The van der Waals surface area contributed by atoms with Crippen LogP contribution >= 0.6 is 0 Å². The molecule has 1 unspecified atom stereocenters. The molecule has 2 N–H and O–H groups in total. The van der Waals surface area contributed by atoms with Crippen molar-refractivity contribution in [3.05, 3.63) is 23.8 Å². The van der Waals surface area contributed by atoms with Gasteiger partial charge >= 0.3 is 0 Å². The average Bonchev–Trinajstić information content (AvgIpc) is 2.48. The molecule has 0 aliphatic carbocycles. The van der Waals surface area contributed by atoms with E-state index in [1.54, 1.807) is 0 Å². The quantitative estimate of drug-likeness (QED) is 0.856. The molecule has 4 rings (SSSR count). The number of fused-ring (bicyclic) bond motifs is 3. The van der Waals surface area contributed by atoms with Gasteiger partial charge in [-0.15, -0.1) is 0 Å². The highest BCUT2D eigenvalue weighted by molar-refractivity contribution is 6.09. The molecule has 0 bridgehead atoms. The molecule has 3 heterocycles. The van der Waals surface area contributed by atoms with Gasteiger partial charge < -0.3 is 15.0 Å². The highest BCUT2D eigenvalue weighted by atomic mass is 16.5. The van der Waals surface area contributed by atoms with Crippen LogP contribution in [0.1, 0.15) is 25.3 Å². The molecule has 1 amide bonds. The van der Waals surface area contributed by atoms with Crippen LogP contribution in [0, 0.1) is 5.92 Å². The summed E-state index contributed by atoms with van der Waals surface area (Å²) in [5.41, 5.74) is 4.79. The van der Waals surface area contributed by atoms with E-state index in [4.69, 9.17) is 4.74 Å². The van der Waals surface area contributed by atoms with E-state index in [1.807, 2.05) is 17.9 Å². The summed E-state index contributed by atoms with van der Waals surface area (Å²) in [4.78, 5) is 13.9. The number of rotatable bonds is 2. The first kappa shape index (κ1) is 13.6. The Kier molecular flexibility index (Phi) is 3.07. The van der Waals surface area contributed by atoms with Crippen LogP contribution in [0.25, 0.3) is 0 Å². The third-order valence-corrected chi connectivity index (χ3v) is 4.99. The fourth-order valence-corrected chi connectivity index (χ4v) is 3.26. The highest BCUT2D eigenvalue weighted by Crippen LogP contribution is 2.38. The lowest BCUT2D eigenvalue weighted by Gasteiger charge is -2.39. The number of carbonyl (C=O) groups is 1. The summed E-state index contributed by atoms with van der Waals surface area (Å²) in [5.74, 6) is 2.66. The second kappa shape index (κ2) is 4.98. The van der Waals surface area contributed by atoms with Crippen LogP contribution in [-0.2, 0) is 4.79 Å². The SMILES string of the molecule is CC1C(=O)NN=C2COc3ccc([C@@H](C)C4CNC4)cc3N21. The first-order chi connectivity index (χ1) is 10.6. The second-order valence-corrected chi connectivity index (χ2v) is 6.27. The van der Waals surface area contributed by atoms with Gasteiger partial charge in [-0.2, -0.15) is 5.10 Å². The molecule has 0 spiro atoms. The van der Waals surface area contributed by atoms with Gasteiger partial charge in [-0.25, -0.2) is 5.43 Å². The van der Waals surface area contributed by atoms with Gasteiger partial charge in [-0.1, -0.05) is 13.0 Å². The van der Waals surface area contributed by atoms with Gasteiger partial charge in [-0.3, -0.25) is 4.79 Å². The molecule has 6 nitrogen and oxygen atoms in total. The average molecular weight is 300 g/mol. The third-order valence-electron chi connectivity index (χ3n) is 4.99. The number of amidine groups is 1. The third kappa shape index (κ3) is 1.98. The number of amides is 1. The first-order valence-electron chi connectivity index (χ1n) is 7.78. The zero-order valence-electron chi connectivity index (χ0n) is 12.8. The number of anilines is 1. The number of carbonyl (C=O) groups excluding carboxylic acids is 1. The molecule has 3 aliphatic heterocycles. The van der Waals surface area contributed by atoms with Gasteiger partial charge in [0.2, 0.25) is 0 Å². The molecule has 1 aromatic carbocycles. The monoisotopic (exact) mass is 300 g/mol. The van der Waals surface area contributed by atoms with Crippen LogP contribution in [0.3, 0.4) is 0 Å². The van der Waals surface area contributed by atoms with Crippen LogP contribution in [-0.4, -0.2) is 37.5 Å². The minimum atomic E-state index is -0.272. The van der Waals surface area contributed by atoms with E-state index < -0.39 is 0 Å². The number of ether oxygens (including phenoxy) is 1. The number of benzene rings is 1. The Morgan fingerprint density at radius 1 is 1.41 bits per heavy atom. The standard InChI is InChI=1S/C16H20N4O2/c1-9(12-6-17-7-12)11-3-4-14-13(5-11)20-10(2)16(21)19-18-15(20)8-22-14/h3-5,9-10,12,17H,6-8H2,1-2H3,(H,19,21)/t9-,10?/m1/s1. The Balaban J connectivity index is 1.73. The largest absolute Gasteiger partial charge is 0.483 e. The minimum Gasteiger partial charge on any atom is -0.483 e. The summed E-state index contributed by atoms with van der Waals surface area (Å²) in [7, 11) is 0. The molecular formula is C16H20N4O2. The predicted molar refractivity (Wildman–Crippen MR) is 84.2 cm³/mol. The van der Waals surface area contributed by atoms with Crippen molar-refractivity contribution in [2.24, 2.45) is 11.0 Å². The van der Waals surface area contributed by atoms with Crippen LogP contribution < -0.4 is 20.4 Å². The van der Waals surface area contributed by atoms with Crippen molar-refractivity contribution in [2.45, 2.75) is 25.8 Å². The van der Waals surface area contributed by atoms with Crippen molar-refractivity contribution >= 4 is 17.4 Å². The maximum atomic E-state index is 11.9. The summed E-state index contributed by atoms with van der Waals surface area (Å²) in [6.07, 6.45) is 0. The number of nitrogens with one attached hydrogen (secondary N) is 2. The van der Waals surface area contributed by atoms with Gasteiger partial charge in [0.1, 0.15) is 18.4 Å². The fraction of sp³-hybridized carbons (Fsp3) is 0.500. The first-order valence-corrected chi connectivity index (χ1v) is 7.78. The van der Waals surface area contributed by atoms with Crippen LogP contribution in [0.4, 0.5) is 5.69 Å². The van der Waals surface area contributed by atoms with Crippen molar-refractivity contribution in [1.82, 2.24) is 10.7 Å². The van der Waals surface area contributed by atoms with Crippen molar-refractivity contribution in [2.75, 3.05) is 24.6 Å². The van der Waals surface area contributed by atoms with Gasteiger partial charge in [0.15, 0.2) is 5.84 Å². The van der Waals surface area contributed by atoms with E-state index in [2.05, 4.69) is 34.9 Å². The summed E-state index contributed by atoms with van der Waals surface area (Å²) in [6.45, 7) is 6.69. The molecule has 0 aromatic heterocycles. The van der Waals surface area contributed by atoms with Gasteiger partial charge in [0, 0.05) is 0 Å². The Hall–Kier alpha value is -2.08. The highest BCUT2D eigenvalue weighted by Gasteiger charge is 2.35. The lowest BCUT2D eigenvalue weighted by molar-refractivity contribution is -0.122. The lowest BCUT2D eigenvalue weighted by Crippen LogP contribution is -2.55. The summed E-state index contributed by atoms with van der Waals surface area (Å²) < 4.78 is 5.78. The molecule has 2 atom stereocenters. The normalized spacial score (nSPS) is 25.2. The molecule has 3 aliphatic rings. The van der Waals surface area contributed by atoms with E-state index in [0.717, 1.165) is 30.4 Å². The maximum absolute atomic E-state index is 11.9. The smallest absolute Gasteiger partial charge is 0.262 e. The molecule has 22 heavy (non-hydrogen) atoms. The zero-order chi connectivity index (χ0) is 15.3. The topological polar surface area (TPSA) is 66.0 Å². The van der Waals surface area contributed by atoms with Crippen molar-refractivity contribution < 1.29 is 9.53 Å². The number of hydrogen-bond acceptors (Lipinski definition) is 5. The van der Waals surface area contributed by atoms with E-state index in [1.165, 1.54) is 5.56 Å². The number of nitrogens with zero attached hydrogens (tertiary/aromatic N) is 2. The molecule has 0 radical (unpaired) electrons. The van der Waals surface area contributed by atoms with E-state index >= 15 is 0 Å². The Bertz CT molecular complexity index is 654. The minimum absolute atomic E-state index is 0.0850. The Labute approximate surface area is 129 Å². The molecule has 0 saturated carbocycles. The molecule has 1 saturated heterocycles. The molecule has 116 valence electrons. The van der Waals surface area contributed by atoms with Gasteiger partial charge in [0.25, 0.3) is 5.91 Å². The van der Waals surface area contributed by atoms with Crippen molar-refractivity contribution in [1.29, 1.82) is 0 Å². The molecular weight excluding hydrogens is 280 g/mol. The Morgan fingerprint density at radius 2 is 2.23 bits per heavy atom. The summed E-state index contributed by atoms with van der Waals surface area (Å²) in [6, 6.07) is 6.04. The summed E-state index contributed by atoms with van der Waals surface area (Å²) in [5, 5.41) is 7.45. The number of hydrogen-bond donors (Lipinski definition) is 2. The van der Waals surface area contributed by atoms with E-state index in [0.29, 0.717) is 18.4 Å². The van der Waals surface area contributed by atoms with Crippen LogP contribution in [0.2, 0.25) is 0 Å². The van der Waals surface area contributed by atoms with E-state index in [9.17, 15) is 4.79 Å². The van der Waals surface area contributed by atoms with Crippen molar-refractivity contribution in [3.63, 3.8) is 0 Å². The molecule has 1 aromatic rings. The van der Waals surface area contributed by atoms with Crippen LogP contribution in [0.5, 0.6) is 5.75 Å².